The van der Waals surface area contributed by atoms with Gasteiger partial charge < -0.3 is 15.0 Å². The van der Waals surface area contributed by atoms with Crippen LogP contribution in [-0.4, -0.2) is 67.3 Å². The summed E-state index contributed by atoms with van der Waals surface area (Å²) in [6.07, 6.45) is 5.55. The highest BCUT2D eigenvalue weighted by atomic mass is 16.6. The molecule has 5 nitrogen and oxygen atoms in total. The van der Waals surface area contributed by atoms with E-state index in [1.54, 1.807) is 0 Å². The molecule has 1 saturated carbocycles. The molecule has 0 bridgehead atoms. The van der Waals surface area contributed by atoms with Gasteiger partial charge in [0.25, 0.3) is 0 Å². The fourth-order valence-electron chi connectivity index (χ4n) is 3.47. The molecule has 0 aromatic heterocycles. The van der Waals surface area contributed by atoms with Crippen molar-refractivity contribution < 1.29 is 9.53 Å². The van der Waals surface area contributed by atoms with Crippen molar-refractivity contribution in [3.05, 3.63) is 0 Å². The van der Waals surface area contributed by atoms with Crippen molar-refractivity contribution in [3.63, 3.8) is 0 Å². The third-order valence-electron chi connectivity index (χ3n) is 4.58. The maximum Gasteiger partial charge on any atom is 0.407 e. The summed E-state index contributed by atoms with van der Waals surface area (Å²) in [5.41, 5.74) is 0. The summed E-state index contributed by atoms with van der Waals surface area (Å²) < 4.78 is 5.20. The van der Waals surface area contributed by atoms with E-state index in [9.17, 15) is 4.79 Å². The lowest BCUT2D eigenvalue weighted by molar-refractivity contribution is 0.101. The van der Waals surface area contributed by atoms with E-state index in [4.69, 9.17) is 4.74 Å². The van der Waals surface area contributed by atoms with Crippen molar-refractivity contribution in [3.8, 4) is 0 Å². The number of carbonyl (C=O) groups is 1. The third-order valence-corrected chi connectivity index (χ3v) is 4.58. The molecule has 1 aliphatic heterocycles. The first-order chi connectivity index (χ1) is 10.0. The minimum atomic E-state index is -0.258. The molecule has 2 aliphatic rings. The van der Waals surface area contributed by atoms with Gasteiger partial charge in [-0.2, -0.15) is 0 Å². The quantitative estimate of drug-likeness (QED) is 0.866. The second-order valence-electron chi connectivity index (χ2n) is 6.81. The van der Waals surface area contributed by atoms with Crippen LogP contribution in [0.3, 0.4) is 0 Å². The van der Waals surface area contributed by atoms with Crippen molar-refractivity contribution >= 4 is 6.09 Å². The van der Waals surface area contributed by atoms with Crippen LogP contribution in [0.15, 0.2) is 0 Å². The number of nitrogens with zero attached hydrogens (tertiary/aromatic N) is 2. The van der Waals surface area contributed by atoms with Gasteiger partial charge >= 0.3 is 6.09 Å². The van der Waals surface area contributed by atoms with Crippen LogP contribution in [0.2, 0.25) is 0 Å². The van der Waals surface area contributed by atoms with Crippen molar-refractivity contribution in [2.75, 3.05) is 33.2 Å². The van der Waals surface area contributed by atoms with E-state index in [1.165, 1.54) is 32.4 Å². The fraction of sp³-hybridized carbons (Fsp3) is 0.938. The standard InChI is InChI=1S/C16H31N3O2/c1-13(2)21-16(20)17-14-6-4-7-15(12-14)19-9-5-8-18(3)10-11-19/h13-15H,4-12H2,1-3H3,(H,17,20)/t14-,15?/m1/s1. The number of ether oxygens (including phenoxy) is 1. The number of nitrogens with one attached hydrogen (secondary N) is 1. The van der Waals surface area contributed by atoms with Gasteiger partial charge in [-0.05, 0) is 66.1 Å². The Morgan fingerprint density at radius 3 is 2.71 bits per heavy atom. The van der Waals surface area contributed by atoms with Crippen LogP contribution in [0, 0.1) is 0 Å². The largest absolute Gasteiger partial charge is 0.447 e. The van der Waals surface area contributed by atoms with Gasteiger partial charge in [0.05, 0.1) is 6.10 Å². The number of hydrogen-bond donors (Lipinski definition) is 1. The molecule has 1 saturated heterocycles. The molecule has 1 heterocycles. The monoisotopic (exact) mass is 297 g/mol. The number of rotatable bonds is 3. The summed E-state index contributed by atoms with van der Waals surface area (Å²) in [5.74, 6) is 0. The molecule has 2 atom stereocenters. The van der Waals surface area contributed by atoms with Crippen LogP contribution in [0.5, 0.6) is 0 Å². The molecule has 0 aromatic rings. The van der Waals surface area contributed by atoms with Gasteiger partial charge in [-0.25, -0.2) is 4.79 Å². The Morgan fingerprint density at radius 1 is 1.14 bits per heavy atom. The molecule has 1 aliphatic carbocycles. The highest BCUT2D eigenvalue weighted by molar-refractivity contribution is 5.67. The zero-order chi connectivity index (χ0) is 15.2. The molecular formula is C16H31N3O2. The molecular weight excluding hydrogens is 266 g/mol. The van der Waals surface area contributed by atoms with Gasteiger partial charge in [0.2, 0.25) is 0 Å². The van der Waals surface area contributed by atoms with E-state index >= 15 is 0 Å². The van der Waals surface area contributed by atoms with Gasteiger partial charge in [0, 0.05) is 25.2 Å². The van der Waals surface area contributed by atoms with Crippen LogP contribution >= 0.6 is 0 Å². The van der Waals surface area contributed by atoms with Crippen molar-refractivity contribution in [1.29, 1.82) is 0 Å². The number of hydrogen-bond acceptors (Lipinski definition) is 4. The van der Waals surface area contributed by atoms with E-state index in [0.29, 0.717) is 6.04 Å². The van der Waals surface area contributed by atoms with E-state index in [0.717, 1.165) is 25.9 Å². The number of carbonyl (C=O) groups excluding carboxylic acids is 1. The van der Waals surface area contributed by atoms with Crippen LogP contribution in [-0.2, 0) is 4.74 Å². The second kappa shape index (κ2) is 7.99. The first-order valence-electron chi connectivity index (χ1n) is 8.44. The summed E-state index contributed by atoms with van der Waals surface area (Å²) >= 11 is 0. The third kappa shape index (κ3) is 5.47. The molecule has 2 fully saturated rings. The van der Waals surface area contributed by atoms with Crippen molar-refractivity contribution in [1.82, 2.24) is 15.1 Å². The zero-order valence-electron chi connectivity index (χ0n) is 13.8. The number of likely N-dealkylation sites (N-methyl/N-ethyl adjacent to an activating group) is 1. The minimum Gasteiger partial charge on any atom is -0.447 e. The zero-order valence-corrected chi connectivity index (χ0v) is 13.8. The molecule has 1 unspecified atom stereocenters. The van der Waals surface area contributed by atoms with E-state index in [1.807, 2.05) is 13.8 Å². The van der Waals surface area contributed by atoms with Crippen LogP contribution < -0.4 is 5.32 Å². The molecule has 1 N–H and O–H groups in total. The number of alkyl carbamates (subject to hydrolysis) is 1. The Kier molecular flexibility index (Phi) is 6.30. The average molecular weight is 297 g/mol. The molecule has 0 aromatic carbocycles. The minimum absolute atomic E-state index is 0.0504. The molecule has 21 heavy (non-hydrogen) atoms. The predicted molar refractivity (Wildman–Crippen MR) is 84.5 cm³/mol. The first-order valence-corrected chi connectivity index (χ1v) is 8.44. The lowest BCUT2D eigenvalue weighted by Gasteiger charge is -2.37. The average Bonchev–Trinajstić information content (AvgIpc) is 2.63. The molecule has 0 spiro atoms. The smallest absolute Gasteiger partial charge is 0.407 e. The van der Waals surface area contributed by atoms with E-state index in [-0.39, 0.29) is 18.2 Å². The Hall–Kier alpha value is -0.810. The maximum absolute atomic E-state index is 11.7. The Balaban J connectivity index is 1.81. The fourth-order valence-corrected chi connectivity index (χ4v) is 3.47. The maximum atomic E-state index is 11.7. The lowest BCUT2D eigenvalue weighted by Crippen LogP contribution is -2.47. The topological polar surface area (TPSA) is 44.8 Å². The Labute approximate surface area is 129 Å². The van der Waals surface area contributed by atoms with Crippen molar-refractivity contribution in [2.45, 2.75) is 64.1 Å². The lowest BCUT2D eigenvalue weighted by atomic mass is 9.90. The van der Waals surface area contributed by atoms with Gasteiger partial charge in [-0.1, -0.05) is 0 Å². The first kappa shape index (κ1) is 16.6. The molecule has 122 valence electrons. The molecule has 0 radical (unpaired) electrons. The number of amides is 1. The highest BCUT2D eigenvalue weighted by Gasteiger charge is 2.28. The van der Waals surface area contributed by atoms with Gasteiger partial charge in [-0.15, -0.1) is 0 Å². The Morgan fingerprint density at radius 2 is 1.95 bits per heavy atom. The van der Waals surface area contributed by atoms with Crippen molar-refractivity contribution in [2.24, 2.45) is 0 Å². The summed E-state index contributed by atoms with van der Waals surface area (Å²) in [5, 5.41) is 3.05. The summed E-state index contributed by atoms with van der Waals surface area (Å²) in [6.45, 7) is 8.48. The second-order valence-corrected chi connectivity index (χ2v) is 6.81. The summed E-state index contributed by atoms with van der Waals surface area (Å²) in [6, 6.07) is 0.894. The molecule has 2 rings (SSSR count). The Bertz CT molecular complexity index is 335. The normalized spacial score (nSPS) is 29.1. The molecule has 1 amide bonds. The summed E-state index contributed by atoms with van der Waals surface area (Å²) in [4.78, 5) is 16.8. The van der Waals surface area contributed by atoms with Gasteiger partial charge in [0.1, 0.15) is 0 Å². The van der Waals surface area contributed by atoms with Crippen LogP contribution in [0.1, 0.15) is 46.0 Å². The van der Waals surface area contributed by atoms with Crippen LogP contribution in [0.25, 0.3) is 0 Å². The van der Waals surface area contributed by atoms with E-state index in [2.05, 4.69) is 22.2 Å². The summed E-state index contributed by atoms with van der Waals surface area (Å²) in [7, 11) is 2.21. The van der Waals surface area contributed by atoms with E-state index < -0.39 is 0 Å². The van der Waals surface area contributed by atoms with Crippen LogP contribution in [0.4, 0.5) is 4.79 Å². The SMILES string of the molecule is CC(C)OC(=O)N[C@@H]1CCCC(N2CCCN(C)CC2)C1. The highest BCUT2D eigenvalue weighted by Crippen LogP contribution is 2.24. The van der Waals surface area contributed by atoms with Gasteiger partial charge in [0.15, 0.2) is 0 Å². The van der Waals surface area contributed by atoms with Gasteiger partial charge in [-0.3, -0.25) is 4.90 Å². The molecule has 5 heteroatoms. The predicted octanol–water partition coefficient (Wildman–Crippen LogP) is 2.07.